The third-order valence-electron chi connectivity index (χ3n) is 4.40. The van der Waals surface area contributed by atoms with Gasteiger partial charge in [-0.1, -0.05) is 37.3 Å². The molecule has 0 fully saturated rings. The van der Waals surface area contributed by atoms with Crippen molar-refractivity contribution in [2.24, 2.45) is 0 Å². The number of imidazole rings is 1. The molecule has 3 aromatic rings. The average Bonchev–Trinajstić information content (AvgIpc) is 2.92. The molecule has 0 saturated heterocycles. The van der Waals surface area contributed by atoms with Crippen molar-refractivity contribution in [3.05, 3.63) is 64.6 Å². The Labute approximate surface area is 164 Å². The van der Waals surface area contributed by atoms with E-state index in [2.05, 4.69) is 10.6 Å². The Hall–Kier alpha value is -2.57. The van der Waals surface area contributed by atoms with Gasteiger partial charge in [0.05, 0.1) is 11.0 Å². The number of amides is 1. The first-order valence-electron chi connectivity index (χ1n) is 8.92. The molecule has 7 heteroatoms. The molecule has 0 bridgehead atoms. The summed E-state index contributed by atoms with van der Waals surface area (Å²) in [6.07, 6.45) is 0. The van der Waals surface area contributed by atoms with E-state index in [4.69, 9.17) is 0 Å². The smallest absolute Gasteiger partial charge is 0.324 e. The summed E-state index contributed by atoms with van der Waals surface area (Å²) in [5.74, 6) is -0.213. The predicted molar refractivity (Wildman–Crippen MR) is 112 cm³/mol. The molecule has 0 saturated carbocycles. The zero-order chi connectivity index (χ0) is 18.5. The van der Waals surface area contributed by atoms with Crippen molar-refractivity contribution in [2.75, 3.05) is 11.9 Å². The van der Waals surface area contributed by atoms with Gasteiger partial charge in [-0.15, -0.1) is 12.4 Å². The minimum atomic E-state index is -0.213. The number of rotatable bonds is 7. The van der Waals surface area contributed by atoms with E-state index in [-0.39, 0.29) is 30.5 Å². The summed E-state index contributed by atoms with van der Waals surface area (Å²) < 4.78 is 3.21. The number of hydrogen-bond acceptors (Lipinski definition) is 3. The maximum atomic E-state index is 12.7. The highest BCUT2D eigenvalue weighted by molar-refractivity contribution is 5.92. The van der Waals surface area contributed by atoms with Crippen LogP contribution in [0.3, 0.4) is 0 Å². The van der Waals surface area contributed by atoms with Crippen molar-refractivity contribution in [1.82, 2.24) is 14.5 Å². The van der Waals surface area contributed by atoms with E-state index in [0.29, 0.717) is 13.1 Å². The van der Waals surface area contributed by atoms with Crippen LogP contribution in [0.15, 0.2) is 53.3 Å². The van der Waals surface area contributed by atoms with Crippen LogP contribution in [-0.4, -0.2) is 21.6 Å². The third kappa shape index (κ3) is 4.40. The highest BCUT2D eigenvalue weighted by Crippen LogP contribution is 2.16. The number of halogens is 1. The van der Waals surface area contributed by atoms with Crippen molar-refractivity contribution in [2.45, 2.75) is 33.5 Å². The van der Waals surface area contributed by atoms with Crippen LogP contribution in [0.2, 0.25) is 0 Å². The SMILES string of the molecule is CCNCc1ccccc1NC(=O)Cn1c(=O)n(CC)c2ccccc21.Cl. The topological polar surface area (TPSA) is 68.1 Å². The summed E-state index contributed by atoms with van der Waals surface area (Å²) in [6.45, 7) is 6.06. The summed E-state index contributed by atoms with van der Waals surface area (Å²) in [4.78, 5) is 25.3. The van der Waals surface area contributed by atoms with E-state index in [1.165, 1.54) is 4.57 Å². The molecule has 6 nitrogen and oxygen atoms in total. The van der Waals surface area contributed by atoms with E-state index in [1.807, 2.05) is 62.4 Å². The van der Waals surface area contributed by atoms with Crippen LogP contribution < -0.4 is 16.3 Å². The molecule has 0 unspecified atom stereocenters. The van der Waals surface area contributed by atoms with Gasteiger partial charge in [-0.05, 0) is 37.2 Å². The largest absolute Gasteiger partial charge is 0.329 e. The minimum Gasteiger partial charge on any atom is -0.324 e. The number of para-hydroxylation sites is 3. The standard InChI is InChI=1S/C20H24N4O2.ClH/c1-3-21-13-15-9-5-6-10-16(15)22-19(25)14-24-18-12-8-7-11-17(18)23(4-2)20(24)26;/h5-12,21H,3-4,13-14H2,1-2H3,(H,22,25);1H. The number of nitrogens with zero attached hydrogens (tertiary/aromatic N) is 2. The van der Waals surface area contributed by atoms with E-state index < -0.39 is 0 Å². The molecule has 2 N–H and O–H groups in total. The van der Waals surface area contributed by atoms with Gasteiger partial charge in [0.15, 0.2) is 0 Å². The maximum Gasteiger partial charge on any atom is 0.329 e. The summed E-state index contributed by atoms with van der Waals surface area (Å²) in [6, 6.07) is 15.2. The Bertz CT molecular complexity index is 978. The molecule has 0 aliphatic heterocycles. The number of nitrogens with one attached hydrogen (secondary N) is 2. The molecule has 1 amide bonds. The van der Waals surface area contributed by atoms with Gasteiger partial charge in [0, 0.05) is 18.8 Å². The minimum absolute atomic E-state index is 0. The molecule has 0 radical (unpaired) electrons. The molecule has 2 aromatic carbocycles. The van der Waals surface area contributed by atoms with Crippen LogP contribution in [0.1, 0.15) is 19.4 Å². The van der Waals surface area contributed by atoms with Gasteiger partial charge >= 0.3 is 5.69 Å². The first-order valence-corrected chi connectivity index (χ1v) is 8.92. The van der Waals surface area contributed by atoms with Crippen LogP contribution in [0.25, 0.3) is 11.0 Å². The first-order chi connectivity index (χ1) is 12.7. The monoisotopic (exact) mass is 388 g/mol. The fourth-order valence-electron chi connectivity index (χ4n) is 3.12. The number of carbonyl (C=O) groups is 1. The van der Waals surface area contributed by atoms with E-state index >= 15 is 0 Å². The Kier molecular flexibility index (Phi) is 7.21. The zero-order valence-corrected chi connectivity index (χ0v) is 16.4. The molecule has 3 rings (SSSR count). The summed E-state index contributed by atoms with van der Waals surface area (Å²) in [5, 5.41) is 6.20. The quantitative estimate of drug-likeness (QED) is 0.653. The van der Waals surface area contributed by atoms with E-state index in [1.54, 1.807) is 4.57 Å². The molecule has 0 aliphatic carbocycles. The predicted octanol–water partition coefficient (Wildman–Crippen LogP) is 2.99. The number of benzene rings is 2. The molecule has 27 heavy (non-hydrogen) atoms. The fraction of sp³-hybridized carbons (Fsp3) is 0.300. The number of aromatic nitrogens is 2. The van der Waals surface area contributed by atoms with Crippen molar-refractivity contribution in [3.63, 3.8) is 0 Å². The Balaban J connectivity index is 0.00000261. The molecule has 0 aliphatic rings. The highest BCUT2D eigenvalue weighted by Gasteiger charge is 2.15. The van der Waals surface area contributed by atoms with Gasteiger partial charge in [-0.25, -0.2) is 4.79 Å². The number of aryl methyl sites for hydroxylation is 1. The van der Waals surface area contributed by atoms with Crippen molar-refractivity contribution in [1.29, 1.82) is 0 Å². The van der Waals surface area contributed by atoms with Crippen molar-refractivity contribution >= 4 is 35.0 Å². The summed E-state index contributed by atoms with van der Waals surface area (Å²) in [7, 11) is 0. The van der Waals surface area contributed by atoms with E-state index in [0.717, 1.165) is 28.8 Å². The molecular weight excluding hydrogens is 364 g/mol. The van der Waals surface area contributed by atoms with Crippen LogP contribution in [-0.2, 0) is 24.4 Å². The van der Waals surface area contributed by atoms with E-state index in [9.17, 15) is 9.59 Å². The van der Waals surface area contributed by atoms with Crippen LogP contribution in [0, 0.1) is 0 Å². The molecular formula is C20H25ClN4O2. The Morgan fingerprint density at radius 3 is 2.26 bits per heavy atom. The lowest BCUT2D eigenvalue weighted by molar-refractivity contribution is -0.116. The van der Waals surface area contributed by atoms with Gasteiger partial charge < -0.3 is 10.6 Å². The zero-order valence-electron chi connectivity index (χ0n) is 15.6. The molecule has 0 atom stereocenters. The second-order valence-electron chi connectivity index (χ2n) is 6.09. The van der Waals surface area contributed by atoms with Gasteiger partial charge in [-0.3, -0.25) is 13.9 Å². The number of hydrogen-bond donors (Lipinski definition) is 2. The van der Waals surface area contributed by atoms with Gasteiger partial charge in [0.25, 0.3) is 0 Å². The molecule has 1 aromatic heterocycles. The van der Waals surface area contributed by atoms with Crippen LogP contribution >= 0.6 is 12.4 Å². The van der Waals surface area contributed by atoms with Gasteiger partial charge in [-0.2, -0.15) is 0 Å². The molecule has 1 heterocycles. The molecule has 144 valence electrons. The number of carbonyl (C=O) groups excluding carboxylic acids is 1. The lowest BCUT2D eigenvalue weighted by Gasteiger charge is -2.11. The highest BCUT2D eigenvalue weighted by atomic mass is 35.5. The maximum absolute atomic E-state index is 12.7. The van der Waals surface area contributed by atoms with Crippen LogP contribution in [0.5, 0.6) is 0 Å². The average molecular weight is 389 g/mol. The summed E-state index contributed by atoms with van der Waals surface area (Å²) >= 11 is 0. The van der Waals surface area contributed by atoms with Gasteiger partial charge in [0.1, 0.15) is 6.54 Å². The number of fused-ring (bicyclic) bond motifs is 1. The normalized spacial score (nSPS) is 10.6. The Morgan fingerprint density at radius 2 is 1.59 bits per heavy atom. The summed E-state index contributed by atoms with van der Waals surface area (Å²) in [5.41, 5.74) is 3.25. The Morgan fingerprint density at radius 1 is 0.963 bits per heavy atom. The fourth-order valence-corrected chi connectivity index (χ4v) is 3.12. The van der Waals surface area contributed by atoms with Crippen molar-refractivity contribution < 1.29 is 4.79 Å². The first kappa shape index (κ1) is 20.7. The van der Waals surface area contributed by atoms with Gasteiger partial charge in [0.2, 0.25) is 5.91 Å². The second kappa shape index (κ2) is 9.39. The molecule has 0 spiro atoms. The van der Waals surface area contributed by atoms with Crippen LogP contribution in [0.4, 0.5) is 5.69 Å². The lowest BCUT2D eigenvalue weighted by Crippen LogP contribution is -2.29. The number of anilines is 1. The van der Waals surface area contributed by atoms with Crippen molar-refractivity contribution in [3.8, 4) is 0 Å². The lowest BCUT2D eigenvalue weighted by atomic mass is 10.1. The third-order valence-corrected chi connectivity index (χ3v) is 4.40. The second-order valence-corrected chi connectivity index (χ2v) is 6.09.